The highest BCUT2D eigenvalue weighted by molar-refractivity contribution is 6.31. The molecule has 2 aromatic rings. The van der Waals surface area contributed by atoms with Gasteiger partial charge in [0.05, 0.1) is 10.7 Å². The lowest BCUT2D eigenvalue weighted by Crippen LogP contribution is -2.07. The smallest absolute Gasteiger partial charge is 0.219 e. The molecule has 0 aliphatic rings. The second-order valence-corrected chi connectivity index (χ2v) is 5.13. The van der Waals surface area contributed by atoms with Crippen LogP contribution in [-0.4, -0.2) is 12.0 Å². The number of rotatable bonds is 5. The fraction of sp³-hybridized carbons (Fsp3) is 0.267. The number of ether oxygens (including phenoxy) is 1. The van der Waals surface area contributed by atoms with Crippen molar-refractivity contribution in [2.24, 2.45) is 0 Å². The maximum absolute atomic E-state index is 6.09. The summed E-state index contributed by atoms with van der Waals surface area (Å²) in [6.07, 6.45) is 0.856. The minimum absolute atomic E-state index is 0.518. The Morgan fingerprint density at radius 2 is 1.90 bits per heavy atom. The van der Waals surface area contributed by atoms with Gasteiger partial charge in [0.15, 0.2) is 0 Å². The number of hydrogen-bond donors (Lipinski definition) is 1. The Kier molecular flexibility index (Phi) is 5.24. The van der Waals surface area contributed by atoms with E-state index in [2.05, 4.69) is 17.2 Å². The number of nitrogens with one attached hydrogen (secondary N) is 1. The fourth-order valence-electron chi connectivity index (χ4n) is 1.82. The van der Waals surface area contributed by atoms with Gasteiger partial charge in [0, 0.05) is 17.6 Å². The molecule has 5 heteroatoms. The van der Waals surface area contributed by atoms with Crippen molar-refractivity contribution in [3.63, 3.8) is 0 Å². The molecule has 20 heavy (non-hydrogen) atoms. The summed E-state index contributed by atoms with van der Waals surface area (Å²) in [5.41, 5.74) is 1.81. The minimum Gasteiger partial charge on any atom is -0.439 e. The zero-order chi connectivity index (χ0) is 14.5. The van der Waals surface area contributed by atoms with Gasteiger partial charge in [-0.3, -0.25) is 0 Å². The molecule has 2 rings (SSSR count). The van der Waals surface area contributed by atoms with Crippen LogP contribution in [0.4, 0.5) is 0 Å². The predicted octanol–water partition coefficient (Wildman–Crippen LogP) is 4.46. The zero-order valence-corrected chi connectivity index (χ0v) is 12.9. The van der Waals surface area contributed by atoms with Crippen LogP contribution in [0, 0.1) is 0 Å². The van der Waals surface area contributed by atoms with Crippen molar-refractivity contribution in [2.75, 3.05) is 7.05 Å². The monoisotopic (exact) mass is 310 g/mol. The van der Waals surface area contributed by atoms with E-state index in [1.54, 1.807) is 12.1 Å². The SMILES string of the molecule is CCc1cc(Oc2ccc(Cl)c(CNC)n2)ccc1Cl. The van der Waals surface area contributed by atoms with Crippen LogP contribution in [-0.2, 0) is 13.0 Å². The van der Waals surface area contributed by atoms with E-state index in [0.717, 1.165) is 28.5 Å². The molecule has 0 atom stereocenters. The zero-order valence-electron chi connectivity index (χ0n) is 11.4. The topological polar surface area (TPSA) is 34.1 Å². The van der Waals surface area contributed by atoms with E-state index in [-0.39, 0.29) is 0 Å². The first-order valence-corrected chi connectivity index (χ1v) is 7.16. The van der Waals surface area contributed by atoms with Gasteiger partial charge >= 0.3 is 0 Å². The van der Waals surface area contributed by atoms with Gasteiger partial charge in [0.2, 0.25) is 5.88 Å². The number of pyridine rings is 1. The lowest BCUT2D eigenvalue weighted by Gasteiger charge is -2.09. The molecule has 0 saturated heterocycles. The summed E-state index contributed by atoms with van der Waals surface area (Å²) in [5, 5.41) is 4.39. The van der Waals surface area contributed by atoms with Crippen molar-refractivity contribution in [3.8, 4) is 11.6 Å². The number of hydrogen-bond acceptors (Lipinski definition) is 3. The van der Waals surface area contributed by atoms with Crippen molar-refractivity contribution in [3.05, 3.63) is 51.6 Å². The van der Waals surface area contributed by atoms with E-state index in [4.69, 9.17) is 27.9 Å². The average molecular weight is 311 g/mol. The summed E-state index contributed by atoms with van der Waals surface area (Å²) in [5.74, 6) is 1.24. The van der Waals surface area contributed by atoms with Gasteiger partial charge in [0.25, 0.3) is 0 Å². The van der Waals surface area contributed by atoms with E-state index >= 15 is 0 Å². The molecular weight excluding hydrogens is 295 g/mol. The van der Waals surface area contributed by atoms with Crippen LogP contribution in [0.15, 0.2) is 30.3 Å². The molecule has 0 fully saturated rings. The summed E-state index contributed by atoms with van der Waals surface area (Å²) in [6.45, 7) is 2.65. The number of benzene rings is 1. The first-order chi connectivity index (χ1) is 9.63. The highest BCUT2D eigenvalue weighted by Crippen LogP contribution is 2.27. The van der Waals surface area contributed by atoms with E-state index in [9.17, 15) is 0 Å². The highest BCUT2D eigenvalue weighted by atomic mass is 35.5. The van der Waals surface area contributed by atoms with Gasteiger partial charge in [-0.1, -0.05) is 30.1 Å². The Morgan fingerprint density at radius 1 is 1.15 bits per heavy atom. The van der Waals surface area contributed by atoms with Gasteiger partial charge < -0.3 is 10.1 Å². The van der Waals surface area contributed by atoms with E-state index in [1.807, 2.05) is 25.2 Å². The number of aromatic nitrogens is 1. The van der Waals surface area contributed by atoms with Gasteiger partial charge in [-0.2, -0.15) is 0 Å². The summed E-state index contributed by atoms with van der Waals surface area (Å²) < 4.78 is 5.76. The highest BCUT2D eigenvalue weighted by Gasteiger charge is 2.06. The fourth-order valence-corrected chi connectivity index (χ4v) is 2.24. The molecule has 1 aromatic heterocycles. The van der Waals surface area contributed by atoms with Crippen LogP contribution < -0.4 is 10.1 Å². The average Bonchev–Trinajstić information content (AvgIpc) is 2.45. The normalized spacial score (nSPS) is 10.6. The lowest BCUT2D eigenvalue weighted by atomic mass is 10.1. The molecule has 0 amide bonds. The van der Waals surface area contributed by atoms with Crippen LogP contribution in [0.1, 0.15) is 18.2 Å². The molecule has 0 saturated carbocycles. The molecule has 0 aliphatic heterocycles. The molecule has 0 spiro atoms. The van der Waals surface area contributed by atoms with Crippen molar-refractivity contribution < 1.29 is 4.74 Å². The third-order valence-electron chi connectivity index (χ3n) is 2.86. The Balaban J connectivity index is 2.23. The molecule has 3 nitrogen and oxygen atoms in total. The third kappa shape index (κ3) is 3.63. The van der Waals surface area contributed by atoms with Crippen LogP contribution >= 0.6 is 23.2 Å². The maximum atomic E-state index is 6.09. The van der Waals surface area contributed by atoms with Gasteiger partial charge in [0.1, 0.15) is 5.75 Å². The largest absolute Gasteiger partial charge is 0.439 e. The molecule has 1 N–H and O–H groups in total. The summed E-state index contributed by atoms with van der Waals surface area (Å²) >= 11 is 12.2. The first kappa shape index (κ1) is 15.1. The molecule has 1 heterocycles. The summed E-state index contributed by atoms with van der Waals surface area (Å²) in [4.78, 5) is 4.39. The van der Waals surface area contributed by atoms with Crippen LogP contribution in [0.3, 0.4) is 0 Å². The van der Waals surface area contributed by atoms with Crippen molar-refractivity contribution in [1.82, 2.24) is 10.3 Å². The summed E-state index contributed by atoms with van der Waals surface area (Å²) in [6, 6.07) is 9.13. The molecule has 0 radical (unpaired) electrons. The molecule has 0 unspecified atom stereocenters. The molecule has 1 aromatic carbocycles. The number of halogens is 2. The number of nitrogens with zero attached hydrogens (tertiary/aromatic N) is 1. The Hall–Kier alpha value is -1.29. The van der Waals surface area contributed by atoms with Gasteiger partial charge in [-0.05, 0) is 43.3 Å². The standard InChI is InChI=1S/C15H16Cl2N2O/c1-3-10-8-11(4-5-12(10)16)20-15-7-6-13(17)14(19-15)9-18-2/h4-8,18H,3,9H2,1-2H3. The lowest BCUT2D eigenvalue weighted by molar-refractivity contribution is 0.459. The van der Waals surface area contributed by atoms with Crippen LogP contribution in [0.25, 0.3) is 0 Å². The van der Waals surface area contributed by atoms with E-state index < -0.39 is 0 Å². The molecule has 0 aliphatic carbocycles. The Morgan fingerprint density at radius 3 is 2.60 bits per heavy atom. The van der Waals surface area contributed by atoms with Crippen molar-refractivity contribution in [2.45, 2.75) is 19.9 Å². The Bertz CT molecular complexity index is 602. The maximum Gasteiger partial charge on any atom is 0.219 e. The van der Waals surface area contributed by atoms with E-state index in [1.165, 1.54) is 0 Å². The quantitative estimate of drug-likeness (QED) is 0.885. The second kappa shape index (κ2) is 6.93. The van der Waals surface area contributed by atoms with Crippen molar-refractivity contribution in [1.29, 1.82) is 0 Å². The van der Waals surface area contributed by atoms with Crippen molar-refractivity contribution >= 4 is 23.2 Å². The van der Waals surface area contributed by atoms with Crippen LogP contribution in [0.5, 0.6) is 11.6 Å². The second-order valence-electron chi connectivity index (χ2n) is 4.32. The van der Waals surface area contributed by atoms with Crippen LogP contribution in [0.2, 0.25) is 10.0 Å². The molecule has 0 bridgehead atoms. The number of aryl methyl sites for hydroxylation is 1. The first-order valence-electron chi connectivity index (χ1n) is 6.40. The third-order valence-corrected chi connectivity index (χ3v) is 3.57. The predicted molar refractivity (Wildman–Crippen MR) is 82.9 cm³/mol. The Labute approximate surface area is 128 Å². The summed E-state index contributed by atoms with van der Waals surface area (Å²) in [7, 11) is 1.85. The minimum atomic E-state index is 0.518. The van der Waals surface area contributed by atoms with Gasteiger partial charge in [-0.25, -0.2) is 4.98 Å². The van der Waals surface area contributed by atoms with Gasteiger partial charge in [-0.15, -0.1) is 0 Å². The van der Waals surface area contributed by atoms with E-state index in [0.29, 0.717) is 17.4 Å². The molecule has 106 valence electrons. The molecular formula is C15H16Cl2N2O.